The minimum atomic E-state index is -0.165. The van der Waals surface area contributed by atoms with Gasteiger partial charge in [-0.25, -0.2) is 4.98 Å². The fourth-order valence-corrected chi connectivity index (χ4v) is 5.84. The number of aliphatic hydroxyl groups is 1. The smallest absolute Gasteiger partial charge is 0.107 e. The van der Waals surface area contributed by atoms with Crippen LogP contribution < -0.4 is 0 Å². The van der Waals surface area contributed by atoms with E-state index in [1.165, 1.54) is 10.6 Å². The van der Waals surface area contributed by atoms with E-state index in [0.29, 0.717) is 6.04 Å². The van der Waals surface area contributed by atoms with E-state index in [2.05, 4.69) is 55.4 Å². The third kappa shape index (κ3) is 3.10. The summed E-state index contributed by atoms with van der Waals surface area (Å²) in [6.45, 7) is 7.14. The van der Waals surface area contributed by atoms with Gasteiger partial charge in [0.1, 0.15) is 5.01 Å². The predicted octanol–water partition coefficient (Wildman–Crippen LogP) is 1.65. The summed E-state index contributed by atoms with van der Waals surface area (Å²) in [5.41, 5.74) is 1.58. The molecule has 3 saturated heterocycles. The van der Waals surface area contributed by atoms with Crippen LogP contribution in [0.5, 0.6) is 0 Å². The van der Waals surface area contributed by atoms with Crippen LogP contribution in [0.2, 0.25) is 0 Å². The number of β-amino-alcohol motifs (C(OH)–C–C–N with tert-alkyl or cyclic N) is 1. The summed E-state index contributed by atoms with van der Waals surface area (Å²) in [6.07, 6.45) is 2.64. The van der Waals surface area contributed by atoms with Gasteiger partial charge in [0.15, 0.2) is 0 Å². The first-order valence-corrected chi connectivity index (χ1v) is 10.4. The zero-order valence-corrected chi connectivity index (χ0v) is 15.8. The van der Waals surface area contributed by atoms with Crippen LogP contribution in [0, 0.1) is 0 Å². The van der Waals surface area contributed by atoms with Gasteiger partial charge in [-0.1, -0.05) is 30.3 Å². The van der Waals surface area contributed by atoms with Crippen molar-refractivity contribution in [2.75, 3.05) is 32.7 Å². The average molecular weight is 371 g/mol. The van der Waals surface area contributed by atoms with Crippen LogP contribution in [0.4, 0.5) is 0 Å². The third-order valence-electron chi connectivity index (χ3n) is 6.12. The molecular weight excluding hydrogens is 344 g/mol. The van der Waals surface area contributed by atoms with Gasteiger partial charge in [-0.3, -0.25) is 14.7 Å². The van der Waals surface area contributed by atoms with Crippen molar-refractivity contribution in [3.8, 4) is 0 Å². The molecule has 0 bridgehead atoms. The third-order valence-corrected chi connectivity index (χ3v) is 6.88. The first kappa shape index (κ1) is 16.8. The predicted molar refractivity (Wildman–Crippen MR) is 103 cm³/mol. The van der Waals surface area contributed by atoms with E-state index < -0.39 is 0 Å². The molecule has 1 aromatic heterocycles. The zero-order valence-electron chi connectivity index (χ0n) is 15.0. The standard InChI is InChI=1S/C20H26N4OS/c25-18-8-17-10-22(9-16-4-2-1-3-5-16)13-20(24(17)11-18)14-23(15-20)12-19-21-6-7-26-19/h1-7,17-18,25H,8-15H2/t17-,18-/m1/s1. The summed E-state index contributed by atoms with van der Waals surface area (Å²) >= 11 is 1.74. The highest BCUT2D eigenvalue weighted by Crippen LogP contribution is 2.39. The topological polar surface area (TPSA) is 42.8 Å². The van der Waals surface area contributed by atoms with Crippen molar-refractivity contribution in [1.29, 1.82) is 0 Å². The van der Waals surface area contributed by atoms with Gasteiger partial charge in [0.2, 0.25) is 0 Å². The Labute approximate surface area is 158 Å². The molecule has 1 aromatic carbocycles. The summed E-state index contributed by atoms with van der Waals surface area (Å²) in [4.78, 5) is 12.2. The Kier molecular flexibility index (Phi) is 4.33. The number of nitrogens with zero attached hydrogens (tertiary/aromatic N) is 4. The summed E-state index contributed by atoms with van der Waals surface area (Å²) < 4.78 is 0. The highest BCUT2D eigenvalue weighted by molar-refractivity contribution is 7.09. The van der Waals surface area contributed by atoms with E-state index in [1.54, 1.807) is 11.3 Å². The molecule has 1 spiro atoms. The molecule has 138 valence electrons. The van der Waals surface area contributed by atoms with Crippen LogP contribution in [-0.4, -0.2) is 75.2 Å². The largest absolute Gasteiger partial charge is 0.392 e. The number of aliphatic hydroxyl groups excluding tert-OH is 1. The highest BCUT2D eigenvalue weighted by Gasteiger charge is 2.55. The van der Waals surface area contributed by atoms with Crippen molar-refractivity contribution >= 4 is 11.3 Å². The number of likely N-dealkylation sites (tertiary alicyclic amines) is 1. The van der Waals surface area contributed by atoms with E-state index in [1.807, 2.05) is 6.20 Å². The fourth-order valence-electron chi connectivity index (χ4n) is 5.18. The minimum absolute atomic E-state index is 0.165. The van der Waals surface area contributed by atoms with Gasteiger partial charge in [0.25, 0.3) is 0 Å². The summed E-state index contributed by atoms with van der Waals surface area (Å²) in [5, 5.41) is 13.5. The number of thiazole rings is 1. The Morgan fingerprint density at radius 3 is 2.65 bits per heavy atom. The quantitative estimate of drug-likeness (QED) is 0.887. The molecule has 0 unspecified atom stereocenters. The number of rotatable bonds is 4. The maximum absolute atomic E-state index is 10.3. The molecule has 3 aliphatic heterocycles. The van der Waals surface area contributed by atoms with Crippen LogP contribution in [0.1, 0.15) is 17.0 Å². The zero-order chi connectivity index (χ0) is 17.6. The molecule has 26 heavy (non-hydrogen) atoms. The lowest BCUT2D eigenvalue weighted by Gasteiger charge is -2.61. The number of hydrogen-bond acceptors (Lipinski definition) is 6. The molecule has 0 aliphatic carbocycles. The molecule has 2 aromatic rings. The monoisotopic (exact) mass is 370 g/mol. The van der Waals surface area contributed by atoms with Gasteiger partial charge >= 0.3 is 0 Å². The molecule has 0 amide bonds. The molecule has 3 aliphatic rings. The van der Waals surface area contributed by atoms with Gasteiger partial charge in [-0.15, -0.1) is 11.3 Å². The van der Waals surface area contributed by atoms with Gasteiger partial charge in [0.05, 0.1) is 18.2 Å². The van der Waals surface area contributed by atoms with Crippen LogP contribution in [0.25, 0.3) is 0 Å². The summed E-state index contributed by atoms with van der Waals surface area (Å²) in [7, 11) is 0. The highest BCUT2D eigenvalue weighted by atomic mass is 32.1. The first-order chi connectivity index (χ1) is 12.7. The number of piperazine rings is 1. The van der Waals surface area contributed by atoms with Gasteiger partial charge < -0.3 is 5.11 Å². The fraction of sp³-hybridized carbons (Fsp3) is 0.550. The Balaban J connectivity index is 1.30. The molecule has 5 rings (SSSR count). The molecule has 6 heteroatoms. The normalized spacial score (nSPS) is 29.0. The van der Waals surface area contributed by atoms with Gasteiger partial charge in [0, 0.05) is 56.9 Å². The molecule has 5 nitrogen and oxygen atoms in total. The Bertz CT molecular complexity index is 732. The van der Waals surface area contributed by atoms with Crippen molar-refractivity contribution in [3.63, 3.8) is 0 Å². The minimum Gasteiger partial charge on any atom is -0.392 e. The lowest BCUT2D eigenvalue weighted by atomic mass is 9.83. The van der Waals surface area contributed by atoms with Crippen molar-refractivity contribution in [2.24, 2.45) is 0 Å². The van der Waals surface area contributed by atoms with Crippen LogP contribution >= 0.6 is 11.3 Å². The second-order valence-electron chi connectivity index (χ2n) is 8.15. The maximum Gasteiger partial charge on any atom is 0.107 e. The number of hydrogen-bond donors (Lipinski definition) is 1. The summed E-state index contributed by atoms with van der Waals surface area (Å²) in [6, 6.07) is 11.3. The molecule has 1 N–H and O–H groups in total. The molecule has 4 heterocycles. The van der Waals surface area contributed by atoms with Gasteiger partial charge in [-0.2, -0.15) is 0 Å². The lowest BCUT2D eigenvalue weighted by Crippen LogP contribution is -2.77. The van der Waals surface area contributed by atoms with Crippen molar-refractivity contribution in [1.82, 2.24) is 19.7 Å². The molecule has 3 fully saturated rings. The molecule has 0 radical (unpaired) electrons. The molecule has 2 atom stereocenters. The first-order valence-electron chi connectivity index (χ1n) is 9.52. The van der Waals surface area contributed by atoms with Crippen molar-refractivity contribution in [2.45, 2.75) is 37.2 Å². The Morgan fingerprint density at radius 2 is 1.88 bits per heavy atom. The van der Waals surface area contributed by atoms with Crippen molar-refractivity contribution < 1.29 is 5.11 Å². The van der Waals surface area contributed by atoms with E-state index in [4.69, 9.17) is 0 Å². The van der Waals surface area contributed by atoms with Gasteiger partial charge in [-0.05, 0) is 12.0 Å². The van der Waals surface area contributed by atoms with Crippen LogP contribution in [0.15, 0.2) is 41.9 Å². The molecular formula is C20H26N4OS. The van der Waals surface area contributed by atoms with Crippen LogP contribution in [0.3, 0.4) is 0 Å². The van der Waals surface area contributed by atoms with Crippen molar-refractivity contribution in [3.05, 3.63) is 52.5 Å². The number of benzene rings is 1. The number of fused-ring (bicyclic) bond motifs is 2. The van der Waals surface area contributed by atoms with E-state index in [0.717, 1.165) is 52.2 Å². The van der Waals surface area contributed by atoms with E-state index >= 15 is 0 Å². The van der Waals surface area contributed by atoms with Crippen LogP contribution in [-0.2, 0) is 13.1 Å². The Hall–Kier alpha value is -1.31. The molecule has 0 saturated carbocycles. The van der Waals surface area contributed by atoms with E-state index in [-0.39, 0.29) is 11.6 Å². The maximum atomic E-state index is 10.3. The second kappa shape index (κ2) is 6.69. The number of aromatic nitrogens is 1. The van der Waals surface area contributed by atoms with E-state index in [9.17, 15) is 5.11 Å². The Morgan fingerprint density at radius 1 is 1.08 bits per heavy atom. The summed E-state index contributed by atoms with van der Waals surface area (Å²) in [5.74, 6) is 0. The average Bonchev–Trinajstić information content (AvgIpc) is 3.23. The second-order valence-corrected chi connectivity index (χ2v) is 9.13. The lowest BCUT2D eigenvalue weighted by molar-refractivity contribution is -0.118. The SMILES string of the molecule is O[C@@H]1C[C@@H]2CN(Cc3ccccc3)CC3(CN(Cc4nccs4)C3)N2C1.